The number of carbonyl (C=O) groups excluding carboxylic acids is 4. The molecule has 6 atom stereocenters. The molecule has 0 spiro atoms. The Bertz CT molecular complexity index is 2000. The molecule has 0 saturated carbocycles. The van der Waals surface area contributed by atoms with Crippen molar-refractivity contribution in [1.29, 1.82) is 0 Å². The first kappa shape index (κ1) is 42.7. The highest BCUT2D eigenvalue weighted by Gasteiger charge is 2.39. The van der Waals surface area contributed by atoms with Crippen molar-refractivity contribution in [3.8, 4) is 11.5 Å². The largest absolute Gasteiger partial charge is 0.352 e. The molecule has 4 heterocycles. The van der Waals surface area contributed by atoms with Gasteiger partial charge in [-0.3, -0.25) is 19.2 Å². The Morgan fingerprint density at radius 1 is 0.776 bits per heavy atom. The van der Waals surface area contributed by atoms with Crippen molar-refractivity contribution in [3.63, 3.8) is 0 Å². The number of H-pyrrole nitrogens is 1. The molecule has 2 saturated heterocycles. The number of rotatable bonds is 15. The molecule has 6 rings (SSSR count). The number of fused-ring (bicyclic) bond motifs is 2. The number of imidazole rings is 1. The quantitative estimate of drug-likeness (QED) is 0.119. The fraction of sp³-hybridized carbons (Fsp3) is 0.558. The third kappa shape index (κ3) is 8.75. The lowest BCUT2D eigenvalue weighted by molar-refractivity contribution is -0.139. The van der Waals surface area contributed by atoms with E-state index >= 15 is 0 Å². The topological polar surface area (TPSA) is 156 Å². The van der Waals surface area contributed by atoms with E-state index in [0.29, 0.717) is 60.5 Å². The molecule has 0 aliphatic carbocycles. The lowest BCUT2D eigenvalue weighted by Crippen LogP contribution is -2.55. The maximum Gasteiger partial charge on any atom is 0.245 e. The number of aromatic amines is 1. The van der Waals surface area contributed by atoms with Crippen molar-refractivity contribution in [2.45, 2.75) is 116 Å². The maximum atomic E-state index is 14.8. The molecule has 13 nitrogen and oxygen atoms in total. The van der Waals surface area contributed by atoms with Crippen LogP contribution in [-0.2, 0) is 32.1 Å². The Balaban J connectivity index is 1.38. The number of benzene rings is 2. The van der Waals surface area contributed by atoms with Crippen molar-refractivity contribution in [2.75, 3.05) is 27.2 Å². The van der Waals surface area contributed by atoms with Gasteiger partial charge in [-0.2, -0.15) is 0 Å². The molecule has 2 aliphatic heterocycles. The summed E-state index contributed by atoms with van der Waals surface area (Å²) in [6.07, 6.45) is 3.41. The normalized spacial score (nSPS) is 19.3. The first-order valence-corrected chi connectivity index (χ1v) is 20.7. The molecule has 2 aromatic heterocycles. The third-order valence-corrected chi connectivity index (χ3v) is 12.1. The average molecular weight is 804 g/mol. The molecule has 0 radical (unpaired) electrons. The fourth-order valence-corrected chi connectivity index (χ4v) is 8.41. The van der Waals surface area contributed by atoms with Crippen molar-refractivity contribution >= 4 is 45.6 Å². The summed E-state index contributed by atoms with van der Waals surface area (Å²) in [5.41, 5.74) is 3.12. The summed E-state index contributed by atoms with van der Waals surface area (Å²) >= 11 is 0. The lowest BCUT2D eigenvalue weighted by Gasteiger charge is -2.32. The van der Waals surface area contributed by atoms with Crippen LogP contribution in [0.4, 0.5) is 8.78 Å². The van der Waals surface area contributed by atoms with Gasteiger partial charge in [-0.15, -0.1) is 0 Å². The molecule has 314 valence electrons. The minimum atomic E-state index is -0.723. The first-order valence-electron chi connectivity index (χ1n) is 20.7. The van der Waals surface area contributed by atoms with Crippen LogP contribution in [0.2, 0.25) is 0 Å². The molecular weight excluding hydrogens is 745 g/mol. The van der Waals surface area contributed by atoms with E-state index in [4.69, 9.17) is 4.98 Å². The van der Waals surface area contributed by atoms with Crippen molar-refractivity contribution in [1.82, 2.24) is 45.6 Å². The van der Waals surface area contributed by atoms with Crippen LogP contribution >= 0.6 is 0 Å². The Kier molecular flexibility index (Phi) is 13.2. The van der Waals surface area contributed by atoms with Gasteiger partial charge in [0.1, 0.15) is 23.7 Å². The van der Waals surface area contributed by atoms with Crippen LogP contribution < -0.4 is 21.3 Å². The Morgan fingerprint density at radius 2 is 1.31 bits per heavy atom. The minimum absolute atomic E-state index is 0.147. The SMILES string of the molecule is CN[C@@H](C)C(=O)NC(C(=O)N1CCC[C@H]1Cc1c(-c2nc3cc(F)ccc3n2C[C@@H]2CCCN2C(=O)C(NC(=O)[C@H](C)NC)C(C)C)[nH]c2cc(F)ccc12)C(C)C. The Morgan fingerprint density at radius 3 is 1.88 bits per heavy atom. The molecule has 2 aromatic carbocycles. The smallest absolute Gasteiger partial charge is 0.245 e. The Labute approximate surface area is 339 Å². The van der Waals surface area contributed by atoms with Crippen LogP contribution in [0.15, 0.2) is 36.4 Å². The van der Waals surface area contributed by atoms with Gasteiger partial charge < -0.3 is 40.6 Å². The number of carbonyl (C=O) groups is 4. The zero-order valence-corrected chi connectivity index (χ0v) is 34.9. The van der Waals surface area contributed by atoms with E-state index in [2.05, 4.69) is 26.3 Å². The second-order valence-electron chi connectivity index (χ2n) is 16.7. The number of aromatic nitrogens is 3. The lowest BCUT2D eigenvalue weighted by atomic mass is 9.98. The summed E-state index contributed by atoms with van der Waals surface area (Å²) < 4.78 is 31.6. The van der Waals surface area contributed by atoms with Gasteiger partial charge in [0.2, 0.25) is 23.6 Å². The molecule has 4 amide bonds. The molecular formula is C43H59F2N9O4. The summed E-state index contributed by atoms with van der Waals surface area (Å²) in [5, 5.41) is 12.6. The van der Waals surface area contributed by atoms with Crippen LogP contribution in [0.1, 0.15) is 72.8 Å². The molecule has 58 heavy (non-hydrogen) atoms. The monoisotopic (exact) mass is 803 g/mol. The molecule has 4 aromatic rings. The van der Waals surface area contributed by atoms with Gasteiger partial charge in [0.15, 0.2) is 5.82 Å². The van der Waals surface area contributed by atoms with E-state index < -0.39 is 35.8 Å². The van der Waals surface area contributed by atoms with E-state index in [9.17, 15) is 28.0 Å². The zero-order valence-electron chi connectivity index (χ0n) is 34.9. The maximum absolute atomic E-state index is 14.8. The molecule has 15 heteroatoms. The molecule has 2 unspecified atom stereocenters. The summed E-state index contributed by atoms with van der Waals surface area (Å²) in [6, 6.07) is 6.19. The van der Waals surface area contributed by atoms with Gasteiger partial charge in [-0.25, -0.2) is 13.8 Å². The van der Waals surface area contributed by atoms with Gasteiger partial charge in [0.05, 0.1) is 28.8 Å². The van der Waals surface area contributed by atoms with Gasteiger partial charge >= 0.3 is 0 Å². The number of likely N-dealkylation sites (N-methyl/N-ethyl adjacent to an activating group) is 2. The predicted molar refractivity (Wildman–Crippen MR) is 221 cm³/mol. The summed E-state index contributed by atoms with van der Waals surface area (Å²) in [4.78, 5) is 66.5. The number of nitrogens with one attached hydrogen (secondary N) is 5. The summed E-state index contributed by atoms with van der Waals surface area (Å²) in [5.74, 6) is -1.47. The van der Waals surface area contributed by atoms with E-state index in [-0.39, 0.29) is 47.5 Å². The second-order valence-corrected chi connectivity index (χ2v) is 16.7. The van der Waals surface area contributed by atoms with Gasteiger partial charge in [0.25, 0.3) is 0 Å². The van der Waals surface area contributed by atoms with Crippen molar-refractivity contribution < 1.29 is 28.0 Å². The van der Waals surface area contributed by atoms with Gasteiger partial charge in [-0.1, -0.05) is 27.7 Å². The number of amides is 4. The second kappa shape index (κ2) is 17.9. The average Bonchev–Trinajstić information content (AvgIpc) is 4.00. The van der Waals surface area contributed by atoms with Gasteiger partial charge in [-0.05, 0) is 108 Å². The van der Waals surface area contributed by atoms with Crippen LogP contribution in [0.25, 0.3) is 33.5 Å². The predicted octanol–water partition coefficient (Wildman–Crippen LogP) is 4.48. The molecule has 2 aliphatic rings. The molecule has 0 bridgehead atoms. The van der Waals surface area contributed by atoms with Gasteiger partial charge in [0, 0.05) is 48.7 Å². The fourth-order valence-electron chi connectivity index (χ4n) is 8.41. The molecule has 2 fully saturated rings. The zero-order chi connectivity index (χ0) is 42.0. The van der Waals surface area contributed by atoms with E-state index in [1.165, 1.54) is 24.3 Å². The third-order valence-electron chi connectivity index (χ3n) is 12.1. The number of hydrogen-bond donors (Lipinski definition) is 5. The van der Waals surface area contributed by atoms with Crippen molar-refractivity contribution in [3.05, 3.63) is 53.6 Å². The van der Waals surface area contributed by atoms with Crippen LogP contribution in [0.5, 0.6) is 0 Å². The molecule has 5 N–H and O–H groups in total. The highest BCUT2D eigenvalue weighted by Crippen LogP contribution is 2.37. The summed E-state index contributed by atoms with van der Waals surface area (Å²) in [7, 11) is 3.39. The van der Waals surface area contributed by atoms with Crippen LogP contribution in [-0.4, -0.2) is 111 Å². The van der Waals surface area contributed by atoms with E-state index in [1.54, 1.807) is 40.1 Å². The minimum Gasteiger partial charge on any atom is -0.352 e. The van der Waals surface area contributed by atoms with Crippen LogP contribution in [0.3, 0.4) is 0 Å². The standard InChI is InChI=1S/C43H59F2N9O4/c1-23(2)36(50-40(55)25(5)46-7)42(57)52-17-9-11-29(52)21-32-31-15-13-27(44)19-33(31)48-38(32)39-49-34-20-28(45)14-16-35(34)54(39)22-30-12-10-18-53(30)43(58)37(24(3)4)51-41(56)26(6)47-8/h13-16,19-20,23-26,29-30,36-37,46-48H,9-12,17-18,21-22H2,1-8H3,(H,50,55)(H,51,56)/t25-,26-,29-,30-,36?,37?/m0/s1. The first-order chi connectivity index (χ1) is 27.6. The highest BCUT2D eigenvalue weighted by molar-refractivity contribution is 5.93. The summed E-state index contributed by atoms with van der Waals surface area (Å²) in [6.45, 7) is 12.5. The number of likely N-dealkylation sites (tertiary alicyclic amines) is 2. The number of hydrogen-bond acceptors (Lipinski definition) is 7. The number of nitrogens with zero attached hydrogens (tertiary/aromatic N) is 4. The Hall–Kier alpha value is -4.89. The van der Waals surface area contributed by atoms with E-state index in [0.717, 1.165) is 30.2 Å². The van der Waals surface area contributed by atoms with Crippen LogP contribution in [0, 0.1) is 23.5 Å². The number of halogens is 2. The van der Waals surface area contributed by atoms with Crippen molar-refractivity contribution in [2.24, 2.45) is 11.8 Å². The van der Waals surface area contributed by atoms with E-state index in [1.807, 2.05) is 42.1 Å². The highest BCUT2D eigenvalue weighted by atomic mass is 19.1.